The van der Waals surface area contributed by atoms with Gasteiger partial charge in [-0.3, -0.25) is 0 Å². The molecule has 0 radical (unpaired) electrons. The summed E-state index contributed by atoms with van der Waals surface area (Å²) in [6.07, 6.45) is 2.37. The van der Waals surface area contributed by atoms with E-state index in [9.17, 15) is 0 Å². The largest absolute Gasteiger partial charge is 0.379 e. The summed E-state index contributed by atoms with van der Waals surface area (Å²) in [5.74, 6) is 0. The van der Waals surface area contributed by atoms with Crippen molar-refractivity contribution < 1.29 is 14.2 Å². The van der Waals surface area contributed by atoms with Crippen LogP contribution in [0.15, 0.2) is 30.3 Å². The van der Waals surface area contributed by atoms with Crippen LogP contribution in [0.4, 0.5) is 0 Å². The number of alkyl halides is 1. The van der Waals surface area contributed by atoms with E-state index in [4.69, 9.17) is 14.2 Å². The number of halogens is 1. The Morgan fingerprint density at radius 3 is 2.05 bits per heavy atom. The van der Waals surface area contributed by atoms with Crippen LogP contribution in [0.25, 0.3) is 0 Å². The molecule has 0 atom stereocenters. The molecule has 0 aliphatic carbocycles. The van der Waals surface area contributed by atoms with Crippen LogP contribution in [0.2, 0.25) is 0 Å². The second-order valence-corrected chi connectivity index (χ2v) is 5.24. The molecular formula is C15H23IO3. The second-order valence-electron chi connectivity index (χ2n) is 4.16. The average molecular weight is 378 g/mol. The minimum absolute atomic E-state index is 0.629. The molecule has 3 nitrogen and oxygen atoms in total. The summed E-state index contributed by atoms with van der Waals surface area (Å²) in [7, 11) is 0. The molecule has 0 fully saturated rings. The number of benzene rings is 1. The Balaban J connectivity index is 1.79. The molecule has 1 aromatic carbocycles. The highest BCUT2D eigenvalue weighted by Gasteiger charge is 1.93. The van der Waals surface area contributed by atoms with Crippen LogP contribution in [0.3, 0.4) is 0 Å². The molecule has 1 rings (SSSR count). The number of rotatable bonds is 12. The molecule has 0 aromatic heterocycles. The van der Waals surface area contributed by atoms with Crippen molar-refractivity contribution in [3.63, 3.8) is 0 Å². The van der Waals surface area contributed by atoms with E-state index in [1.165, 1.54) is 16.4 Å². The summed E-state index contributed by atoms with van der Waals surface area (Å²) in [6.45, 7) is 4.08. The molecule has 0 bridgehead atoms. The zero-order valence-corrected chi connectivity index (χ0v) is 13.5. The van der Waals surface area contributed by atoms with E-state index < -0.39 is 0 Å². The Morgan fingerprint density at radius 2 is 1.37 bits per heavy atom. The lowest BCUT2D eigenvalue weighted by molar-refractivity contribution is 0.0103. The van der Waals surface area contributed by atoms with E-state index >= 15 is 0 Å². The monoisotopic (exact) mass is 378 g/mol. The van der Waals surface area contributed by atoms with Gasteiger partial charge in [0.1, 0.15) is 0 Å². The topological polar surface area (TPSA) is 27.7 Å². The van der Waals surface area contributed by atoms with Crippen molar-refractivity contribution in [1.82, 2.24) is 0 Å². The lowest BCUT2D eigenvalue weighted by Crippen LogP contribution is -2.09. The summed E-state index contributed by atoms with van der Waals surface area (Å²) in [5, 5.41) is 0. The van der Waals surface area contributed by atoms with Gasteiger partial charge in [-0.15, -0.1) is 0 Å². The molecule has 0 saturated heterocycles. The van der Waals surface area contributed by atoms with Crippen molar-refractivity contribution in [1.29, 1.82) is 0 Å². The first kappa shape index (κ1) is 16.9. The van der Waals surface area contributed by atoms with Gasteiger partial charge >= 0.3 is 0 Å². The van der Waals surface area contributed by atoms with Crippen LogP contribution >= 0.6 is 22.6 Å². The van der Waals surface area contributed by atoms with Crippen molar-refractivity contribution in [2.75, 3.05) is 37.5 Å². The van der Waals surface area contributed by atoms with Gasteiger partial charge in [-0.05, 0) is 22.8 Å². The normalized spacial score (nSPS) is 10.8. The van der Waals surface area contributed by atoms with Crippen molar-refractivity contribution in [3.05, 3.63) is 35.9 Å². The first-order valence-electron chi connectivity index (χ1n) is 6.76. The summed E-state index contributed by atoms with van der Waals surface area (Å²) in [5.41, 5.74) is 1.20. The molecular weight excluding hydrogens is 355 g/mol. The summed E-state index contributed by atoms with van der Waals surface area (Å²) >= 11 is 2.38. The third-order valence-corrected chi connectivity index (χ3v) is 3.29. The molecule has 0 saturated carbocycles. The number of unbranched alkanes of at least 4 members (excludes halogenated alkanes) is 1. The zero-order chi connectivity index (χ0) is 13.6. The minimum atomic E-state index is 0.629. The van der Waals surface area contributed by atoms with Gasteiger partial charge in [0.05, 0.1) is 33.0 Å². The SMILES string of the molecule is ICCCCOCCOCCOCc1ccccc1. The van der Waals surface area contributed by atoms with Gasteiger partial charge in [0, 0.05) is 6.61 Å². The summed E-state index contributed by atoms with van der Waals surface area (Å²) in [4.78, 5) is 0. The number of hydrogen-bond acceptors (Lipinski definition) is 3. The van der Waals surface area contributed by atoms with Gasteiger partial charge in [-0.2, -0.15) is 0 Å². The van der Waals surface area contributed by atoms with Crippen molar-refractivity contribution in [3.8, 4) is 0 Å². The van der Waals surface area contributed by atoms with Crippen LogP contribution in [0.1, 0.15) is 18.4 Å². The lowest BCUT2D eigenvalue weighted by atomic mass is 10.2. The van der Waals surface area contributed by atoms with E-state index in [1.807, 2.05) is 18.2 Å². The standard InChI is InChI=1S/C15H23IO3/c16-8-4-5-9-17-10-11-18-12-13-19-14-15-6-2-1-3-7-15/h1-3,6-7H,4-5,8-14H2. The molecule has 0 heterocycles. The molecule has 0 N–H and O–H groups in total. The summed E-state index contributed by atoms with van der Waals surface area (Å²) in [6, 6.07) is 10.2. The van der Waals surface area contributed by atoms with Crippen LogP contribution in [-0.4, -0.2) is 37.5 Å². The molecule has 19 heavy (non-hydrogen) atoms. The lowest BCUT2D eigenvalue weighted by Gasteiger charge is -2.06. The molecule has 1 aromatic rings. The highest BCUT2D eigenvalue weighted by molar-refractivity contribution is 14.1. The Labute approximate surface area is 129 Å². The maximum Gasteiger partial charge on any atom is 0.0718 e. The van der Waals surface area contributed by atoms with Gasteiger partial charge in [0.2, 0.25) is 0 Å². The smallest absolute Gasteiger partial charge is 0.0718 e. The second kappa shape index (κ2) is 12.8. The highest BCUT2D eigenvalue weighted by atomic mass is 127. The molecule has 4 heteroatoms. The van der Waals surface area contributed by atoms with Crippen LogP contribution in [0.5, 0.6) is 0 Å². The zero-order valence-electron chi connectivity index (χ0n) is 11.4. The van der Waals surface area contributed by atoms with E-state index in [2.05, 4.69) is 34.7 Å². The van der Waals surface area contributed by atoms with Crippen LogP contribution < -0.4 is 0 Å². The summed E-state index contributed by atoms with van der Waals surface area (Å²) < 4.78 is 17.6. The number of hydrogen-bond donors (Lipinski definition) is 0. The molecule has 0 amide bonds. The Hall–Kier alpha value is -0.170. The fourth-order valence-corrected chi connectivity index (χ4v) is 2.04. The molecule has 0 spiro atoms. The van der Waals surface area contributed by atoms with Gasteiger partial charge in [-0.1, -0.05) is 52.9 Å². The van der Waals surface area contributed by atoms with E-state index in [1.54, 1.807) is 0 Å². The molecule has 0 aliphatic heterocycles. The minimum Gasteiger partial charge on any atom is -0.379 e. The predicted molar refractivity (Wildman–Crippen MR) is 85.9 cm³/mol. The van der Waals surface area contributed by atoms with Crippen molar-refractivity contribution >= 4 is 22.6 Å². The van der Waals surface area contributed by atoms with Crippen LogP contribution in [-0.2, 0) is 20.8 Å². The Kier molecular flexibility index (Phi) is 11.4. The third-order valence-electron chi connectivity index (χ3n) is 2.53. The van der Waals surface area contributed by atoms with E-state index in [0.717, 1.165) is 13.0 Å². The molecule has 108 valence electrons. The Bertz CT molecular complexity index is 293. The first-order chi connectivity index (χ1) is 9.43. The van der Waals surface area contributed by atoms with Gasteiger partial charge in [0.15, 0.2) is 0 Å². The van der Waals surface area contributed by atoms with E-state index in [0.29, 0.717) is 33.0 Å². The molecule has 0 unspecified atom stereocenters. The predicted octanol–water partition coefficient (Wildman–Crippen LogP) is 3.45. The number of ether oxygens (including phenoxy) is 3. The fraction of sp³-hybridized carbons (Fsp3) is 0.600. The Morgan fingerprint density at radius 1 is 0.737 bits per heavy atom. The van der Waals surface area contributed by atoms with Crippen LogP contribution in [0, 0.1) is 0 Å². The fourth-order valence-electron chi connectivity index (χ4n) is 1.50. The van der Waals surface area contributed by atoms with Gasteiger partial charge in [0.25, 0.3) is 0 Å². The average Bonchev–Trinajstić information content (AvgIpc) is 2.46. The first-order valence-corrected chi connectivity index (χ1v) is 8.29. The maximum atomic E-state index is 5.51. The molecule has 0 aliphatic rings. The maximum absolute atomic E-state index is 5.51. The quantitative estimate of drug-likeness (QED) is 0.317. The van der Waals surface area contributed by atoms with Crippen molar-refractivity contribution in [2.24, 2.45) is 0 Å². The van der Waals surface area contributed by atoms with Crippen molar-refractivity contribution in [2.45, 2.75) is 19.4 Å². The third kappa shape index (κ3) is 10.3. The van der Waals surface area contributed by atoms with E-state index in [-0.39, 0.29) is 0 Å². The van der Waals surface area contributed by atoms with Gasteiger partial charge < -0.3 is 14.2 Å². The van der Waals surface area contributed by atoms with Gasteiger partial charge in [-0.25, -0.2) is 0 Å². The highest BCUT2D eigenvalue weighted by Crippen LogP contribution is 2.00.